The molecular formula is C22H21BrO5. The number of benzene rings is 2. The lowest BCUT2D eigenvalue weighted by Crippen LogP contribution is -2.14. The Morgan fingerprint density at radius 3 is 2.11 bits per heavy atom. The van der Waals surface area contributed by atoms with Crippen LogP contribution in [-0.4, -0.2) is 27.1 Å². The van der Waals surface area contributed by atoms with Gasteiger partial charge in [0.25, 0.3) is 0 Å². The summed E-state index contributed by atoms with van der Waals surface area (Å²) in [5, 5.41) is 0. The number of ether oxygens (including phenoxy) is 3. The second-order valence-electron chi connectivity index (χ2n) is 6.25. The number of hydrogen-bond donors (Lipinski definition) is 0. The third kappa shape index (κ3) is 3.98. The summed E-state index contributed by atoms with van der Waals surface area (Å²) in [5.41, 5.74) is 2.63. The summed E-state index contributed by atoms with van der Waals surface area (Å²) in [6.07, 6.45) is -0.728. The highest BCUT2D eigenvalue weighted by molar-refractivity contribution is 9.10. The average Bonchev–Trinajstić information content (AvgIpc) is 3.20. The van der Waals surface area contributed by atoms with E-state index in [1.807, 2.05) is 43.3 Å². The van der Waals surface area contributed by atoms with E-state index in [1.54, 1.807) is 26.4 Å². The van der Waals surface area contributed by atoms with Gasteiger partial charge in [-0.25, -0.2) is 0 Å². The Hall–Kier alpha value is -2.57. The van der Waals surface area contributed by atoms with Gasteiger partial charge in [0.05, 0.1) is 14.2 Å². The monoisotopic (exact) mass is 444 g/mol. The van der Waals surface area contributed by atoms with Gasteiger partial charge in [0.1, 0.15) is 27.8 Å². The molecule has 3 aromatic rings. The van der Waals surface area contributed by atoms with E-state index in [9.17, 15) is 4.79 Å². The van der Waals surface area contributed by atoms with Gasteiger partial charge in [-0.2, -0.15) is 0 Å². The molecule has 28 heavy (non-hydrogen) atoms. The van der Waals surface area contributed by atoms with Crippen molar-refractivity contribution in [1.82, 2.24) is 0 Å². The second-order valence-corrected chi connectivity index (χ2v) is 7.04. The Morgan fingerprint density at radius 2 is 1.57 bits per heavy atom. The van der Waals surface area contributed by atoms with E-state index in [1.165, 1.54) is 7.11 Å². The molecule has 0 N–H and O–H groups in total. The molecular weight excluding hydrogens is 424 g/mol. The number of furan rings is 1. The van der Waals surface area contributed by atoms with Crippen LogP contribution < -0.4 is 9.47 Å². The van der Waals surface area contributed by atoms with E-state index in [-0.39, 0.29) is 11.5 Å². The highest BCUT2D eigenvalue weighted by Gasteiger charge is 2.25. The Labute approximate surface area is 172 Å². The first kappa shape index (κ1) is 20.2. The second kappa shape index (κ2) is 8.63. The van der Waals surface area contributed by atoms with Crippen molar-refractivity contribution in [2.75, 3.05) is 21.3 Å². The Bertz CT molecular complexity index is 950. The third-order valence-electron chi connectivity index (χ3n) is 4.43. The molecule has 0 radical (unpaired) electrons. The fourth-order valence-corrected chi connectivity index (χ4v) is 3.45. The fourth-order valence-electron chi connectivity index (χ4n) is 2.90. The molecule has 0 amide bonds. The molecule has 3 rings (SSSR count). The molecule has 1 atom stereocenters. The van der Waals surface area contributed by atoms with Crippen LogP contribution in [0.3, 0.4) is 0 Å². The average molecular weight is 445 g/mol. The van der Waals surface area contributed by atoms with E-state index in [2.05, 4.69) is 15.9 Å². The zero-order valence-electron chi connectivity index (χ0n) is 16.1. The van der Waals surface area contributed by atoms with E-state index < -0.39 is 6.10 Å². The van der Waals surface area contributed by atoms with Crippen molar-refractivity contribution in [3.8, 4) is 22.8 Å². The van der Waals surface area contributed by atoms with Gasteiger partial charge in [0, 0.05) is 12.7 Å². The molecule has 0 spiro atoms. The van der Waals surface area contributed by atoms with E-state index in [0.717, 1.165) is 16.7 Å². The van der Waals surface area contributed by atoms with Crippen LogP contribution in [0.2, 0.25) is 0 Å². The third-order valence-corrected chi connectivity index (χ3v) is 5.21. The van der Waals surface area contributed by atoms with Crippen molar-refractivity contribution in [3.05, 3.63) is 69.9 Å². The zero-order valence-corrected chi connectivity index (χ0v) is 17.7. The number of aryl methyl sites for hydroxylation is 1. The molecule has 0 aliphatic rings. The van der Waals surface area contributed by atoms with Crippen LogP contribution in [0.15, 0.2) is 57.4 Å². The molecule has 1 unspecified atom stereocenters. The molecule has 2 aromatic carbocycles. The van der Waals surface area contributed by atoms with Gasteiger partial charge in [-0.3, -0.25) is 4.79 Å². The number of carbonyl (C=O) groups is 1. The number of ketones is 1. The van der Waals surface area contributed by atoms with Gasteiger partial charge in [0.2, 0.25) is 5.78 Å². The molecule has 0 fully saturated rings. The number of carbonyl (C=O) groups excluding carboxylic acids is 1. The molecule has 6 heteroatoms. The van der Waals surface area contributed by atoms with Crippen molar-refractivity contribution >= 4 is 21.7 Å². The van der Waals surface area contributed by atoms with Crippen molar-refractivity contribution in [2.45, 2.75) is 13.0 Å². The molecule has 0 saturated heterocycles. The van der Waals surface area contributed by atoms with Crippen molar-refractivity contribution in [1.29, 1.82) is 0 Å². The van der Waals surface area contributed by atoms with Crippen LogP contribution >= 0.6 is 15.9 Å². The summed E-state index contributed by atoms with van der Waals surface area (Å²) >= 11 is 3.44. The zero-order chi connectivity index (χ0) is 20.3. The maximum Gasteiger partial charge on any atom is 0.231 e. The fraction of sp³-hybridized carbons (Fsp3) is 0.227. The predicted octanol–water partition coefficient (Wildman–Crippen LogP) is 5.61. The van der Waals surface area contributed by atoms with Crippen molar-refractivity contribution in [3.63, 3.8) is 0 Å². The van der Waals surface area contributed by atoms with Gasteiger partial charge in [-0.05, 0) is 52.7 Å². The number of halogens is 1. The van der Waals surface area contributed by atoms with Crippen LogP contribution in [0, 0.1) is 6.92 Å². The van der Waals surface area contributed by atoms with Gasteiger partial charge in [0.15, 0.2) is 5.76 Å². The van der Waals surface area contributed by atoms with E-state index >= 15 is 0 Å². The first-order chi connectivity index (χ1) is 13.5. The Kier molecular flexibility index (Phi) is 6.21. The highest BCUT2D eigenvalue weighted by atomic mass is 79.9. The minimum absolute atomic E-state index is 0.225. The lowest BCUT2D eigenvalue weighted by Gasteiger charge is -2.13. The standard InChI is InChI=1S/C22H21BrO5/c1-13-5-7-14(8-6-13)22(27-4)21(24)17-10-9-16(28-17)15-11-18(25-2)20(23)19(12-15)26-3/h5-12,22H,1-4H3. The molecule has 1 aromatic heterocycles. The molecule has 0 saturated carbocycles. The Balaban J connectivity index is 1.93. The lowest BCUT2D eigenvalue weighted by atomic mass is 10.0. The summed E-state index contributed by atoms with van der Waals surface area (Å²) in [5.74, 6) is 1.73. The van der Waals surface area contributed by atoms with Crippen LogP contribution in [-0.2, 0) is 4.74 Å². The first-order valence-electron chi connectivity index (χ1n) is 8.63. The van der Waals surface area contributed by atoms with Gasteiger partial charge in [-0.1, -0.05) is 29.8 Å². The summed E-state index contributed by atoms with van der Waals surface area (Å²) in [7, 11) is 4.66. The minimum Gasteiger partial charge on any atom is -0.495 e. The Morgan fingerprint density at radius 1 is 0.964 bits per heavy atom. The molecule has 0 bridgehead atoms. The molecule has 0 aliphatic heterocycles. The highest BCUT2D eigenvalue weighted by Crippen LogP contribution is 2.39. The van der Waals surface area contributed by atoms with Crippen LogP contribution in [0.1, 0.15) is 27.8 Å². The predicted molar refractivity (Wildman–Crippen MR) is 110 cm³/mol. The number of rotatable bonds is 7. The van der Waals surface area contributed by atoms with E-state index in [0.29, 0.717) is 21.7 Å². The maximum absolute atomic E-state index is 12.9. The van der Waals surface area contributed by atoms with Gasteiger partial charge >= 0.3 is 0 Å². The van der Waals surface area contributed by atoms with Crippen LogP contribution in [0.25, 0.3) is 11.3 Å². The van der Waals surface area contributed by atoms with Crippen molar-refractivity contribution in [2.24, 2.45) is 0 Å². The van der Waals surface area contributed by atoms with Crippen molar-refractivity contribution < 1.29 is 23.4 Å². The molecule has 5 nitrogen and oxygen atoms in total. The number of Topliss-reactive ketones (excluding diaryl/α,β-unsaturated/α-hetero) is 1. The normalized spacial score (nSPS) is 11.9. The SMILES string of the molecule is COc1cc(-c2ccc(C(=O)C(OC)c3ccc(C)cc3)o2)cc(OC)c1Br. The largest absolute Gasteiger partial charge is 0.495 e. The first-order valence-corrected chi connectivity index (χ1v) is 9.43. The molecule has 146 valence electrons. The van der Waals surface area contributed by atoms with Crippen LogP contribution in [0.5, 0.6) is 11.5 Å². The van der Waals surface area contributed by atoms with Crippen LogP contribution in [0.4, 0.5) is 0 Å². The molecule has 1 heterocycles. The quantitative estimate of drug-likeness (QED) is 0.443. The summed E-state index contributed by atoms with van der Waals surface area (Å²) < 4.78 is 22.7. The summed E-state index contributed by atoms with van der Waals surface area (Å²) in [6.45, 7) is 1.99. The lowest BCUT2D eigenvalue weighted by molar-refractivity contribution is 0.0577. The topological polar surface area (TPSA) is 57.9 Å². The summed E-state index contributed by atoms with van der Waals surface area (Å²) in [4.78, 5) is 12.9. The smallest absolute Gasteiger partial charge is 0.231 e. The molecule has 0 aliphatic carbocycles. The van der Waals surface area contributed by atoms with Gasteiger partial charge < -0.3 is 18.6 Å². The van der Waals surface area contributed by atoms with E-state index in [4.69, 9.17) is 18.6 Å². The summed E-state index contributed by atoms with van der Waals surface area (Å²) in [6, 6.07) is 14.7. The number of methoxy groups -OCH3 is 3. The minimum atomic E-state index is -0.728. The maximum atomic E-state index is 12.9. The van der Waals surface area contributed by atoms with Gasteiger partial charge in [-0.15, -0.1) is 0 Å². The number of hydrogen-bond acceptors (Lipinski definition) is 5.